The van der Waals surface area contributed by atoms with Crippen LogP contribution in [0.5, 0.6) is 0 Å². The van der Waals surface area contributed by atoms with E-state index in [1.807, 2.05) is 36.4 Å². The minimum absolute atomic E-state index is 0.609. The number of rotatable bonds is 6. The lowest BCUT2D eigenvalue weighted by atomic mass is 9.91. The highest BCUT2D eigenvalue weighted by Crippen LogP contribution is 2.46. The van der Waals surface area contributed by atoms with Crippen LogP contribution in [0.25, 0.3) is 116 Å². The number of benzene rings is 10. The van der Waals surface area contributed by atoms with Crippen LogP contribution >= 0.6 is 0 Å². The van der Waals surface area contributed by atoms with Crippen LogP contribution < -0.4 is 0 Å². The van der Waals surface area contributed by atoms with Crippen molar-refractivity contribution in [3.63, 3.8) is 0 Å². The van der Waals surface area contributed by atoms with Gasteiger partial charge in [0.2, 0.25) is 0 Å². The molecule has 12 aromatic rings. The van der Waals surface area contributed by atoms with Gasteiger partial charge in [-0.25, -0.2) is 15.0 Å². The van der Waals surface area contributed by atoms with E-state index in [4.69, 9.17) is 15.0 Å². The van der Waals surface area contributed by atoms with E-state index < -0.39 is 0 Å². The van der Waals surface area contributed by atoms with Gasteiger partial charge in [0.15, 0.2) is 17.5 Å². The Morgan fingerprint density at radius 2 is 0.754 bits per heavy atom. The molecular weight excluding hydrogens is 741 g/mol. The van der Waals surface area contributed by atoms with Crippen LogP contribution in [0, 0.1) is 0 Å². The molecule has 0 amide bonds. The third-order valence-corrected chi connectivity index (χ3v) is 12.0. The van der Waals surface area contributed by atoms with Gasteiger partial charge in [-0.15, -0.1) is 0 Å². The lowest BCUT2D eigenvalue weighted by molar-refractivity contribution is 1.07. The van der Waals surface area contributed by atoms with E-state index in [9.17, 15) is 0 Å². The molecule has 2 heterocycles. The zero-order chi connectivity index (χ0) is 40.3. The Morgan fingerprint density at radius 1 is 0.279 bits per heavy atom. The summed E-state index contributed by atoms with van der Waals surface area (Å²) in [7, 11) is 0. The van der Waals surface area contributed by atoms with Gasteiger partial charge in [0.05, 0.1) is 16.7 Å². The molecule has 0 saturated heterocycles. The standard InChI is InChI=1S/C57H36N4/c1-4-17-38(18-5-1)48-34-46(57-59-55(40-20-6-2-7-21-40)58-56(60-57)41-22-8-3-9-23-41)35-49(45-29-28-37-16-10-11-24-42(37)32-45)54(48)61-51-31-30-39-19-14-15-27-47(39)53(51)50-33-43-25-12-13-26-44(43)36-52(50)61/h1-36H. The molecule has 0 aliphatic carbocycles. The summed E-state index contributed by atoms with van der Waals surface area (Å²) in [6.07, 6.45) is 0. The number of fused-ring (bicyclic) bond motifs is 7. The van der Waals surface area contributed by atoms with Crippen molar-refractivity contribution in [2.24, 2.45) is 0 Å². The highest BCUT2D eigenvalue weighted by atomic mass is 15.0. The van der Waals surface area contributed by atoms with Crippen LogP contribution in [0.15, 0.2) is 218 Å². The first-order chi connectivity index (χ1) is 30.2. The van der Waals surface area contributed by atoms with E-state index >= 15 is 0 Å². The van der Waals surface area contributed by atoms with Gasteiger partial charge in [-0.3, -0.25) is 0 Å². The topological polar surface area (TPSA) is 43.6 Å². The van der Waals surface area contributed by atoms with Gasteiger partial charge in [0, 0.05) is 38.6 Å². The summed E-state index contributed by atoms with van der Waals surface area (Å²) < 4.78 is 2.51. The molecule has 0 atom stereocenters. The molecule has 10 aromatic carbocycles. The number of hydrogen-bond acceptors (Lipinski definition) is 3. The van der Waals surface area contributed by atoms with Crippen molar-refractivity contribution in [1.82, 2.24) is 19.5 Å². The summed E-state index contributed by atoms with van der Waals surface area (Å²) in [4.78, 5) is 15.5. The molecule has 61 heavy (non-hydrogen) atoms. The Kier molecular flexibility index (Phi) is 8.13. The quantitative estimate of drug-likeness (QED) is 0.169. The molecule has 284 valence electrons. The van der Waals surface area contributed by atoms with Crippen LogP contribution in [0.3, 0.4) is 0 Å². The zero-order valence-electron chi connectivity index (χ0n) is 33.1. The number of hydrogen-bond donors (Lipinski definition) is 0. The predicted octanol–water partition coefficient (Wildman–Crippen LogP) is 14.8. The van der Waals surface area contributed by atoms with Crippen LogP contribution in [0.2, 0.25) is 0 Å². The Bertz CT molecular complexity index is 3570. The Labute approximate surface area is 352 Å². The lowest BCUT2D eigenvalue weighted by Gasteiger charge is -2.21. The van der Waals surface area contributed by atoms with E-state index in [-0.39, 0.29) is 0 Å². The Hall–Kier alpha value is -8.21. The van der Waals surface area contributed by atoms with Gasteiger partial charge >= 0.3 is 0 Å². The van der Waals surface area contributed by atoms with Crippen molar-refractivity contribution in [3.05, 3.63) is 218 Å². The molecule has 0 aliphatic heterocycles. The summed E-state index contributed by atoms with van der Waals surface area (Å²) in [5.74, 6) is 1.86. The number of nitrogens with zero attached hydrogens (tertiary/aromatic N) is 4. The smallest absolute Gasteiger partial charge is 0.164 e. The average Bonchev–Trinajstić information content (AvgIpc) is 3.66. The largest absolute Gasteiger partial charge is 0.308 e. The van der Waals surface area contributed by atoms with E-state index in [0.717, 1.165) is 55.7 Å². The fraction of sp³-hybridized carbons (Fsp3) is 0. The monoisotopic (exact) mass is 776 g/mol. The highest BCUT2D eigenvalue weighted by Gasteiger charge is 2.24. The SMILES string of the molecule is c1ccc(-c2nc(-c3ccccc3)nc(-c3cc(-c4ccccc4)c(-n4c5cc6ccccc6cc5c5c6ccccc6ccc54)c(-c4ccc5ccccc5c4)c3)n2)cc1. The average molecular weight is 777 g/mol. The molecular formula is C57H36N4. The van der Waals surface area contributed by atoms with Gasteiger partial charge < -0.3 is 4.57 Å². The first-order valence-corrected chi connectivity index (χ1v) is 20.7. The van der Waals surface area contributed by atoms with E-state index in [2.05, 4.69) is 187 Å². The van der Waals surface area contributed by atoms with E-state index in [0.29, 0.717) is 17.5 Å². The van der Waals surface area contributed by atoms with Crippen molar-refractivity contribution < 1.29 is 0 Å². The van der Waals surface area contributed by atoms with Crippen molar-refractivity contribution >= 4 is 54.1 Å². The Balaban J connectivity index is 1.24. The third-order valence-electron chi connectivity index (χ3n) is 12.0. The molecule has 0 saturated carbocycles. The van der Waals surface area contributed by atoms with Crippen molar-refractivity contribution in [2.45, 2.75) is 0 Å². The maximum absolute atomic E-state index is 5.25. The summed E-state index contributed by atoms with van der Waals surface area (Å²) in [5.41, 5.74) is 10.5. The molecule has 4 nitrogen and oxygen atoms in total. The maximum Gasteiger partial charge on any atom is 0.164 e. The predicted molar refractivity (Wildman–Crippen MR) is 254 cm³/mol. The Morgan fingerprint density at radius 3 is 1.39 bits per heavy atom. The molecule has 12 rings (SSSR count). The molecule has 0 aliphatic rings. The summed E-state index contributed by atoms with van der Waals surface area (Å²) >= 11 is 0. The van der Waals surface area contributed by atoms with Gasteiger partial charge in [0.1, 0.15) is 0 Å². The normalized spacial score (nSPS) is 11.6. The lowest BCUT2D eigenvalue weighted by Crippen LogP contribution is -2.04. The van der Waals surface area contributed by atoms with E-state index in [1.165, 1.54) is 43.1 Å². The first-order valence-electron chi connectivity index (χ1n) is 20.7. The van der Waals surface area contributed by atoms with Gasteiger partial charge in [-0.2, -0.15) is 0 Å². The molecule has 0 spiro atoms. The molecule has 0 N–H and O–H groups in total. The second-order valence-corrected chi connectivity index (χ2v) is 15.6. The summed E-state index contributed by atoms with van der Waals surface area (Å²) in [6.45, 7) is 0. The van der Waals surface area contributed by atoms with Gasteiger partial charge in [-0.05, 0) is 79.8 Å². The minimum Gasteiger partial charge on any atom is -0.308 e. The minimum atomic E-state index is 0.609. The van der Waals surface area contributed by atoms with Crippen LogP contribution in [0.4, 0.5) is 0 Å². The van der Waals surface area contributed by atoms with Gasteiger partial charge in [0.25, 0.3) is 0 Å². The highest BCUT2D eigenvalue weighted by molar-refractivity contribution is 6.23. The summed E-state index contributed by atoms with van der Waals surface area (Å²) in [6, 6.07) is 77.9. The first kappa shape index (κ1) is 34.8. The van der Waals surface area contributed by atoms with Crippen LogP contribution in [0.1, 0.15) is 0 Å². The second kappa shape index (κ2) is 14.3. The molecule has 4 heteroatoms. The zero-order valence-corrected chi connectivity index (χ0v) is 33.1. The van der Waals surface area contributed by atoms with Crippen molar-refractivity contribution in [2.75, 3.05) is 0 Å². The van der Waals surface area contributed by atoms with E-state index in [1.54, 1.807) is 0 Å². The molecule has 0 unspecified atom stereocenters. The van der Waals surface area contributed by atoms with Crippen LogP contribution in [-0.4, -0.2) is 19.5 Å². The molecule has 0 fully saturated rings. The molecule has 2 aromatic heterocycles. The fourth-order valence-corrected chi connectivity index (χ4v) is 9.07. The third kappa shape index (κ3) is 5.96. The summed E-state index contributed by atoms with van der Waals surface area (Å²) in [5, 5.41) is 9.69. The second-order valence-electron chi connectivity index (χ2n) is 15.6. The maximum atomic E-state index is 5.25. The molecule has 0 bridgehead atoms. The van der Waals surface area contributed by atoms with Crippen LogP contribution in [-0.2, 0) is 0 Å². The fourth-order valence-electron chi connectivity index (χ4n) is 9.07. The number of aromatic nitrogens is 4. The van der Waals surface area contributed by atoms with Crippen molar-refractivity contribution in [1.29, 1.82) is 0 Å². The van der Waals surface area contributed by atoms with Gasteiger partial charge in [-0.1, -0.05) is 182 Å². The molecule has 0 radical (unpaired) electrons. The van der Waals surface area contributed by atoms with Crippen molar-refractivity contribution in [3.8, 4) is 62.1 Å².